The molecule has 23 heavy (non-hydrogen) atoms. The summed E-state index contributed by atoms with van der Waals surface area (Å²) in [7, 11) is 0. The molecule has 3 N–H and O–H groups in total. The maximum Gasteiger partial charge on any atom is 0.257 e. The van der Waals surface area contributed by atoms with Gasteiger partial charge in [-0.2, -0.15) is 0 Å². The molecule has 0 aliphatic heterocycles. The molecule has 1 aromatic heterocycles. The first-order valence-electron chi connectivity index (χ1n) is 7.78. The lowest BCUT2D eigenvalue weighted by Gasteiger charge is -2.38. The Bertz CT molecular complexity index is 748. The van der Waals surface area contributed by atoms with Gasteiger partial charge in [0.15, 0.2) is 5.43 Å². The third-order valence-corrected chi connectivity index (χ3v) is 4.37. The Balaban J connectivity index is 1.83. The average molecular weight is 312 g/mol. The van der Waals surface area contributed by atoms with E-state index in [4.69, 9.17) is 0 Å². The first-order chi connectivity index (χ1) is 11.0. The molecule has 0 unspecified atom stereocenters. The van der Waals surface area contributed by atoms with Crippen molar-refractivity contribution in [1.82, 2.24) is 10.3 Å². The number of hydrogen-bond donors (Lipinski definition) is 3. The number of aliphatic hydroxyl groups is 1. The van der Waals surface area contributed by atoms with E-state index in [1.165, 1.54) is 12.3 Å². The SMILES string of the molecule is Cc1cc(=O)c(C(=O)N[C@@H](c2ccccc2)C2CC(O)C2)c[nH]1. The van der Waals surface area contributed by atoms with Crippen LogP contribution in [0.4, 0.5) is 0 Å². The number of carbonyl (C=O) groups is 1. The Morgan fingerprint density at radius 3 is 2.61 bits per heavy atom. The van der Waals surface area contributed by atoms with Gasteiger partial charge in [0.25, 0.3) is 5.91 Å². The van der Waals surface area contributed by atoms with Crippen LogP contribution in [-0.2, 0) is 0 Å². The molecule has 1 aliphatic rings. The molecule has 5 nitrogen and oxygen atoms in total. The largest absolute Gasteiger partial charge is 0.393 e. The van der Waals surface area contributed by atoms with Crippen molar-refractivity contribution in [2.24, 2.45) is 5.92 Å². The summed E-state index contributed by atoms with van der Waals surface area (Å²) in [5, 5.41) is 12.5. The quantitative estimate of drug-likeness (QED) is 0.807. The van der Waals surface area contributed by atoms with Gasteiger partial charge >= 0.3 is 0 Å². The first-order valence-corrected chi connectivity index (χ1v) is 7.78. The van der Waals surface area contributed by atoms with Gasteiger partial charge in [-0.15, -0.1) is 0 Å². The van der Waals surface area contributed by atoms with Gasteiger partial charge in [0.05, 0.1) is 12.1 Å². The van der Waals surface area contributed by atoms with Crippen molar-refractivity contribution in [3.63, 3.8) is 0 Å². The molecule has 1 saturated carbocycles. The van der Waals surface area contributed by atoms with E-state index >= 15 is 0 Å². The van der Waals surface area contributed by atoms with E-state index in [1.54, 1.807) is 6.92 Å². The predicted octanol–water partition coefficient (Wildman–Crippen LogP) is 1.93. The second-order valence-electron chi connectivity index (χ2n) is 6.14. The molecule has 0 saturated heterocycles. The summed E-state index contributed by atoms with van der Waals surface area (Å²) < 4.78 is 0. The van der Waals surface area contributed by atoms with Crippen molar-refractivity contribution in [2.45, 2.75) is 31.9 Å². The van der Waals surface area contributed by atoms with Gasteiger partial charge in [-0.05, 0) is 31.2 Å². The molecule has 5 heteroatoms. The number of rotatable bonds is 4. The fourth-order valence-electron chi connectivity index (χ4n) is 3.01. The van der Waals surface area contributed by atoms with E-state index in [0.29, 0.717) is 18.5 Å². The van der Waals surface area contributed by atoms with Crippen LogP contribution in [0, 0.1) is 12.8 Å². The molecule has 0 radical (unpaired) electrons. The Labute approximate surface area is 134 Å². The van der Waals surface area contributed by atoms with Crippen molar-refractivity contribution in [3.05, 3.63) is 69.6 Å². The third kappa shape index (κ3) is 3.35. The van der Waals surface area contributed by atoms with Gasteiger partial charge in [-0.3, -0.25) is 9.59 Å². The number of amides is 1. The summed E-state index contributed by atoms with van der Waals surface area (Å²) in [6.45, 7) is 1.77. The minimum atomic E-state index is -0.388. The van der Waals surface area contributed by atoms with Gasteiger partial charge in [0.2, 0.25) is 0 Å². The molecule has 1 amide bonds. The fourth-order valence-corrected chi connectivity index (χ4v) is 3.01. The van der Waals surface area contributed by atoms with Crippen LogP contribution < -0.4 is 10.7 Å². The van der Waals surface area contributed by atoms with E-state index in [2.05, 4.69) is 10.3 Å². The summed E-state index contributed by atoms with van der Waals surface area (Å²) in [6.07, 6.45) is 2.46. The Morgan fingerprint density at radius 1 is 1.30 bits per heavy atom. The van der Waals surface area contributed by atoms with Crippen molar-refractivity contribution in [2.75, 3.05) is 0 Å². The number of pyridine rings is 1. The highest BCUT2D eigenvalue weighted by Crippen LogP contribution is 2.38. The molecule has 1 aromatic carbocycles. The van der Waals surface area contributed by atoms with Crippen LogP contribution in [0.3, 0.4) is 0 Å². The molecule has 3 rings (SSSR count). The van der Waals surface area contributed by atoms with E-state index in [9.17, 15) is 14.7 Å². The van der Waals surface area contributed by atoms with E-state index < -0.39 is 0 Å². The van der Waals surface area contributed by atoms with E-state index in [1.807, 2.05) is 30.3 Å². The fraction of sp³-hybridized carbons (Fsp3) is 0.333. The molecular weight excluding hydrogens is 292 g/mol. The van der Waals surface area contributed by atoms with Crippen LogP contribution in [0.1, 0.15) is 40.5 Å². The molecule has 1 fully saturated rings. The number of nitrogens with one attached hydrogen (secondary N) is 2. The zero-order valence-corrected chi connectivity index (χ0v) is 13.0. The maximum atomic E-state index is 12.5. The number of H-pyrrole nitrogens is 1. The van der Waals surface area contributed by atoms with Crippen molar-refractivity contribution < 1.29 is 9.90 Å². The zero-order valence-electron chi connectivity index (χ0n) is 13.0. The second kappa shape index (κ2) is 6.38. The Hall–Kier alpha value is -2.40. The normalized spacial score (nSPS) is 21.3. The Kier molecular flexibility index (Phi) is 4.30. The van der Waals surface area contributed by atoms with Gasteiger partial charge < -0.3 is 15.4 Å². The summed E-state index contributed by atoms with van der Waals surface area (Å²) in [4.78, 5) is 27.4. The standard InChI is InChI=1S/C18H20N2O3/c1-11-7-16(22)15(10-19-11)18(23)20-17(13-8-14(21)9-13)12-5-3-2-4-6-12/h2-7,10,13-14,17,21H,8-9H2,1H3,(H,19,22)(H,20,23)/t13?,14?,17-/m0/s1. The number of aryl methyl sites for hydroxylation is 1. The topological polar surface area (TPSA) is 82.2 Å². The minimum absolute atomic E-state index is 0.108. The second-order valence-corrected chi connectivity index (χ2v) is 6.14. The van der Waals surface area contributed by atoms with Crippen LogP contribution in [0.15, 0.2) is 47.4 Å². The summed E-state index contributed by atoms with van der Waals surface area (Å²) in [6, 6.07) is 10.9. The van der Waals surface area contributed by atoms with Crippen LogP contribution in [0.2, 0.25) is 0 Å². The van der Waals surface area contributed by atoms with Gasteiger partial charge in [-0.1, -0.05) is 30.3 Å². The lowest BCUT2D eigenvalue weighted by Crippen LogP contribution is -2.42. The highest BCUT2D eigenvalue weighted by atomic mass is 16.3. The number of aromatic amines is 1. The summed E-state index contributed by atoms with van der Waals surface area (Å²) in [5.41, 5.74) is 1.52. The number of benzene rings is 1. The number of aromatic nitrogens is 1. The van der Waals surface area contributed by atoms with Crippen LogP contribution in [0.5, 0.6) is 0 Å². The van der Waals surface area contributed by atoms with Crippen molar-refractivity contribution in [3.8, 4) is 0 Å². The average Bonchev–Trinajstić information content (AvgIpc) is 2.50. The van der Waals surface area contributed by atoms with Gasteiger partial charge in [0.1, 0.15) is 5.56 Å². The van der Waals surface area contributed by atoms with Crippen LogP contribution in [0.25, 0.3) is 0 Å². The Morgan fingerprint density at radius 2 is 2.00 bits per heavy atom. The van der Waals surface area contributed by atoms with Crippen molar-refractivity contribution in [1.29, 1.82) is 0 Å². The lowest BCUT2D eigenvalue weighted by molar-refractivity contribution is 0.0235. The minimum Gasteiger partial charge on any atom is -0.393 e. The summed E-state index contributed by atoms with van der Waals surface area (Å²) >= 11 is 0. The number of hydrogen-bond acceptors (Lipinski definition) is 3. The molecule has 120 valence electrons. The number of aliphatic hydroxyl groups excluding tert-OH is 1. The first kappa shape index (κ1) is 15.5. The zero-order chi connectivity index (χ0) is 16.4. The number of carbonyl (C=O) groups excluding carboxylic acids is 1. The maximum absolute atomic E-state index is 12.5. The van der Waals surface area contributed by atoms with Crippen LogP contribution >= 0.6 is 0 Å². The van der Waals surface area contributed by atoms with Gasteiger partial charge in [0, 0.05) is 18.0 Å². The van der Waals surface area contributed by atoms with E-state index in [0.717, 1.165) is 5.56 Å². The predicted molar refractivity (Wildman–Crippen MR) is 87.2 cm³/mol. The van der Waals surface area contributed by atoms with Gasteiger partial charge in [-0.25, -0.2) is 0 Å². The van der Waals surface area contributed by atoms with E-state index in [-0.39, 0.29) is 35.0 Å². The molecule has 1 heterocycles. The highest BCUT2D eigenvalue weighted by molar-refractivity contribution is 5.94. The van der Waals surface area contributed by atoms with Crippen LogP contribution in [-0.4, -0.2) is 22.1 Å². The highest BCUT2D eigenvalue weighted by Gasteiger charge is 2.35. The molecule has 1 aliphatic carbocycles. The molecular formula is C18H20N2O3. The lowest BCUT2D eigenvalue weighted by atomic mass is 9.75. The molecule has 0 bridgehead atoms. The van der Waals surface area contributed by atoms with Crippen molar-refractivity contribution >= 4 is 5.91 Å². The summed E-state index contributed by atoms with van der Waals surface area (Å²) in [5.74, 6) is -0.206. The molecule has 2 aromatic rings. The monoisotopic (exact) mass is 312 g/mol. The molecule has 1 atom stereocenters. The smallest absolute Gasteiger partial charge is 0.257 e. The third-order valence-electron chi connectivity index (χ3n) is 4.37. The molecule has 0 spiro atoms.